The summed E-state index contributed by atoms with van der Waals surface area (Å²) in [5.41, 5.74) is 3.52. The SMILES string of the molecule is CC1=CC(C)(C)Nc2c(C(=O)CC/C=C/S(C)(=O)=O)cccc21. The molecule has 1 aliphatic heterocycles. The second kappa shape index (κ2) is 6.32. The van der Waals surface area contributed by atoms with Crippen LogP contribution >= 0.6 is 0 Å². The Labute approximate surface area is 138 Å². The van der Waals surface area contributed by atoms with Crippen molar-refractivity contribution in [2.24, 2.45) is 0 Å². The number of hydrogen-bond donors (Lipinski definition) is 1. The minimum atomic E-state index is -3.14. The van der Waals surface area contributed by atoms with Gasteiger partial charge in [0.25, 0.3) is 0 Å². The highest BCUT2D eigenvalue weighted by Crippen LogP contribution is 2.36. The molecule has 0 aromatic heterocycles. The summed E-state index contributed by atoms with van der Waals surface area (Å²) >= 11 is 0. The highest BCUT2D eigenvalue weighted by Gasteiger charge is 2.25. The molecule has 0 amide bonds. The number of benzene rings is 1. The molecular weight excluding hydrogens is 310 g/mol. The summed E-state index contributed by atoms with van der Waals surface area (Å²) in [7, 11) is -3.14. The van der Waals surface area contributed by atoms with Gasteiger partial charge in [0.05, 0.1) is 11.2 Å². The van der Waals surface area contributed by atoms with Gasteiger partial charge in [-0.15, -0.1) is 0 Å². The molecular formula is C18H23NO3S. The fourth-order valence-corrected chi connectivity index (χ4v) is 3.30. The first kappa shape index (κ1) is 17.5. The Morgan fingerprint density at radius 1 is 1.30 bits per heavy atom. The van der Waals surface area contributed by atoms with Crippen LogP contribution in [0.2, 0.25) is 0 Å². The summed E-state index contributed by atoms with van der Waals surface area (Å²) in [5, 5.41) is 4.57. The van der Waals surface area contributed by atoms with E-state index in [0.29, 0.717) is 12.0 Å². The number of sulfone groups is 1. The first-order valence-electron chi connectivity index (χ1n) is 7.60. The molecule has 0 aliphatic carbocycles. The van der Waals surface area contributed by atoms with Gasteiger partial charge in [-0.1, -0.05) is 24.3 Å². The van der Waals surface area contributed by atoms with Gasteiger partial charge in [-0.05, 0) is 38.8 Å². The van der Waals surface area contributed by atoms with Crippen molar-refractivity contribution in [2.75, 3.05) is 11.6 Å². The first-order valence-corrected chi connectivity index (χ1v) is 9.55. The number of hydrogen-bond acceptors (Lipinski definition) is 4. The number of ketones is 1. The van der Waals surface area contributed by atoms with E-state index in [0.717, 1.165) is 28.5 Å². The van der Waals surface area contributed by atoms with Crippen LogP contribution in [0.1, 0.15) is 49.5 Å². The summed E-state index contributed by atoms with van der Waals surface area (Å²) in [4.78, 5) is 12.5. The topological polar surface area (TPSA) is 63.2 Å². The van der Waals surface area contributed by atoms with Gasteiger partial charge in [-0.2, -0.15) is 0 Å². The number of carbonyl (C=O) groups excluding carboxylic acids is 1. The lowest BCUT2D eigenvalue weighted by Gasteiger charge is -2.32. The van der Waals surface area contributed by atoms with Crippen molar-refractivity contribution in [1.29, 1.82) is 0 Å². The minimum Gasteiger partial charge on any atom is -0.376 e. The predicted molar refractivity (Wildman–Crippen MR) is 95.3 cm³/mol. The number of Topliss-reactive ketones (excluding diaryl/α,β-unsaturated/α-hetero) is 1. The lowest BCUT2D eigenvalue weighted by Crippen LogP contribution is -2.32. The summed E-state index contributed by atoms with van der Waals surface area (Å²) in [5.74, 6) is 0.0120. The zero-order valence-corrected chi connectivity index (χ0v) is 14.8. The van der Waals surface area contributed by atoms with E-state index in [1.807, 2.05) is 25.1 Å². The van der Waals surface area contributed by atoms with Crippen LogP contribution in [0.3, 0.4) is 0 Å². The van der Waals surface area contributed by atoms with Gasteiger partial charge in [0.2, 0.25) is 0 Å². The normalized spacial score (nSPS) is 16.6. The number of nitrogens with one attached hydrogen (secondary N) is 1. The van der Waals surface area contributed by atoms with Gasteiger partial charge in [0.15, 0.2) is 15.6 Å². The molecule has 1 N–H and O–H groups in total. The van der Waals surface area contributed by atoms with Crippen LogP contribution in [0.25, 0.3) is 5.57 Å². The molecule has 5 heteroatoms. The molecule has 23 heavy (non-hydrogen) atoms. The molecule has 0 spiro atoms. The van der Waals surface area contributed by atoms with Crippen molar-refractivity contribution in [2.45, 2.75) is 39.2 Å². The Bertz CT molecular complexity index is 786. The first-order chi connectivity index (χ1) is 10.6. The average molecular weight is 333 g/mol. The minimum absolute atomic E-state index is 0.0120. The van der Waals surface area contributed by atoms with Crippen molar-refractivity contribution in [3.05, 3.63) is 46.9 Å². The number of para-hydroxylation sites is 1. The van der Waals surface area contributed by atoms with Gasteiger partial charge >= 0.3 is 0 Å². The van der Waals surface area contributed by atoms with Crippen LogP contribution < -0.4 is 5.32 Å². The van der Waals surface area contributed by atoms with E-state index < -0.39 is 9.84 Å². The Balaban J connectivity index is 2.22. The standard InChI is InChI=1S/C18H23NO3S/c1-13-12-18(2,3)19-17-14(13)8-7-9-15(17)16(20)10-5-6-11-23(4,21)22/h6-9,11-12,19H,5,10H2,1-4H3/b11-6+. The zero-order valence-electron chi connectivity index (χ0n) is 14.0. The largest absolute Gasteiger partial charge is 0.376 e. The highest BCUT2D eigenvalue weighted by molar-refractivity contribution is 7.93. The van der Waals surface area contributed by atoms with Gasteiger partial charge in [-0.3, -0.25) is 4.79 Å². The number of rotatable bonds is 5. The third-order valence-corrected chi connectivity index (χ3v) is 4.38. The molecule has 0 fully saturated rings. The van der Waals surface area contributed by atoms with Crippen molar-refractivity contribution in [3.63, 3.8) is 0 Å². The third kappa shape index (κ3) is 4.55. The lowest BCUT2D eigenvalue weighted by atomic mass is 9.88. The Hall–Kier alpha value is -1.88. The van der Waals surface area contributed by atoms with Crippen LogP contribution in [0.5, 0.6) is 0 Å². The van der Waals surface area contributed by atoms with Crippen LogP contribution in [0.15, 0.2) is 35.8 Å². The monoisotopic (exact) mass is 333 g/mol. The van der Waals surface area contributed by atoms with E-state index in [9.17, 15) is 13.2 Å². The molecule has 1 aromatic carbocycles. The Morgan fingerprint density at radius 3 is 2.65 bits per heavy atom. The molecule has 0 atom stereocenters. The van der Waals surface area contributed by atoms with E-state index in [1.165, 1.54) is 6.08 Å². The fraction of sp³-hybridized carbons (Fsp3) is 0.389. The van der Waals surface area contributed by atoms with Crippen molar-refractivity contribution < 1.29 is 13.2 Å². The summed E-state index contributed by atoms with van der Waals surface area (Å²) in [6.45, 7) is 6.18. The molecule has 2 rings (SSSR count). The Kier molecular flexibility index (Phi) is 4.80. The third-order valence-electron chi connectivity index (χ3n) is 3.70. The number of carbonyl (C=O) groups is 1. The second-order valence-corrected chi connectivity index (χ2v) is 8.50. The molecule has 0 unspecified atom stereocenters. The zero-order chi connectivity index (χ0) is 17.3. The van der Waals surface area contributed by atoms with Gasteiger partial charge in [0, 0.05) is 29.2 Å². The maximum absolute atomic E-state index is 12.5. The van der Waals surface area contributed by atoms with Crippen LogP contribution in [-0.4, -0.2) is 26.0 Å². The van der Waals surface area contributed by atoms with Crippen LogP contribution in [-0.2, 0) is 9.84 Å². The molecule has 0 radical (unpaired) electrons. The van der Waals surface area contributed by atoms with E-state index in [1.54, 1.807) is 0 Å². The second-order valence-electron chi connectivity index (χ2n) is 6.57. The maximum Gasteiger partial charge on any atom is 0.168 e. The molecule has 1 aromatic rings. The molecule has 0 saturated carbocycles. The molecule has 1 heterocycles. The van der Waals surface area contributed by atoms with E-state index in [4.69, 9.17) is 0 Å². The summed E-state index contributed by atoms with van der Waals surface area (Å²) in [6, 6.07) is 5.71. The molecule has 0 bridgehead atoms. The fourth-order valence-electron chi connectivity index (χ4n) is 2.82. The van der Waals surface area contributed by atoms with Crippen LogP contribution in [0.4, 0.5) is 5.69 Å². The average Bonchev–Trinajstić information content (AvgIpc) is 2.40. The summed E-state index contributed by atoms with van der Waals surface area (Å²) in [6.07, 6.45) is 5.52. The Morgan fingerprint density at radius 2 is 2.00 bits per heavy atom. The predicted octanol–water partition coefficient (Wildman–Crippen LogP) is 3.82. The van der Waals surface area contributed by atoms with E-state index in [-0.39, 0.29) is 17.7 Å². The number of allylic oxidation sites excluding steroid dienone is 2. The van der Waals surface area contributed by atoms with Gasteiger partial charge in [0.1, 0.15) is 0 Å². The highest BCUT2D eigenvalue weighted by atomic mass is 32.2. The maximum atomic E-state index is 12.5. The molecule has 0 saturated heterocycles. The lowest BCUT2D eigenvalue weighted by molar-refractivity contribution is 0.0984. The molecule has 124 valence electrons. The number of anilines is 1. The van der Waals surface area contributed by atoms with Gasteiger partial charge in [-0.25, -0.2) is 8.42 Å². The smallest absolute Gasteiger partial charge is 0.168 e. The molecule has 4 nitrogen and oxygen atoms in total. The van der Waals surface area contributed by atoms with Crippen LogP contribution in [0, 0.1) is 0 Å². The molecule has 1 aliphatic rings. The van der Waals surface area contributed by atoms with Gasteiger partial charge < -0.3 is 5.32 Å². The summed E-state index contributed by atoms with van der Waals surface area (Å²) < 4.78 is 22.1. The number of fused-ring (bicyclic) bond motifs is 1. The van der Waals surface area contributed by atoms with E-state index >= 15 is 0 Å². The van der Waals surface area contributed by atoms with Crippen molar-refractivity contribution in [1.82, 2.24) is 0 Å². The van der Waals surface area contributed by atoms with E-state index in [2.05, 4.69) is 25.2 Å². The quantitative estimate of drug-likeness (QED) is 0.832. The van der Waals surface area contributed by atoms with Crippen molar-refractivity contribution >= 4 is 26.9 Å². The van der Waals surface area contributed by atoms with Crippen molar-refractivity contribution in [3.8, 4) is 0 Å².